The highest BCUT2D eigenvalue weighted by atomic mass is 19.1. The van der Waals surface area contributed by atoms with Crippen LogP contribution in [0.5, 0.6) is 11.8 Å². The third kappa shape index (κ3) is 2.42. The molecule has 0 fully saturated rings. The lowest BCUT2D eigenvalue weighted by atomic mass is 10.2. The van der Waals surface area contributed by atoms with Crippen LogP contribution in [-0.2, 0) is 0 Å². The predicted octanol–water partition coefficient (Wildman–Crippen LogP) is 2.41. The third-order valence-corrected chi connectivity index (χ3v) is 2.16. The predicted molar refractivity (Wildman–Crippen MR) is 60.2 cm³/mol. The first-order chi connectivity index (χ1) is 8.58. The number of nitrogens with zero attached hydrogens (tertiary/aromatic N) is 2. The fourth-order valence-electron chi connectivity index (χ4n) is 1.37. The molecular formula is C12H9FN2O3. The van der Waals surface area contributed by atoms with E-state index in [9.17, 15) is 9.18 Å². The molecule has 5 nitrogen and oxygen atoms in total. The van der Waals surface area contributed by atoms with Gasteiger partial charge in [0.15, 0.2) is 0 Å². The Morgan fingerprint density at radius 3 is 2.83 bits per heavy atom. The summed E-state index contributed by atoms with van der Waals surface area (Å²) in [6.07, 6.45) is 1.47. The summed E-state index contributed by atoms with van der Waals surface area (Å²) in [4.78, 5) is 18.7. The number of ether oxygens (including phenoxy) is 1. The van der Waals surface area contributed by atoms with E-state index in [1.54, 1.807) is 13.0 Å². The zero-order valence-corrected chi connectivity index (χ0v) is 9.42. The first-order valence-corrected chi connectivity index (χ1v) is 5.07. The van der Waals surface area contributed by atoms with E-state index in [0.29, 0.717) is 5.69 Å². The lowest BCUT2D eigenvalue weighted by molar-refractivity contribution is 0.0689. The highest BCUT2D eigenvalue weighted by Gasteiger charge is 2.18. The summed E-state index contributed by atoms with van der Waals surface area (Å²) in [5, 5.41) is 8.92. The summed E-state index contributed by atoms with van der Waals surface area (Å²) in [6.45, 7) is 1.73. The quantitative estimate of drug-likeness (QED) is 0.902. The molecule has 0 aliphatic rings. The van der Waals surface area contributed by atoms with E-state index in [0.717, 1.165) is 6.07 Å². The van der Waals surface area contributed by atoms with Gasteiger partial charge < -0.3 is 9.84 Å². The van der Waals surface area contributed by atoms with E-state index in [2.05, 4.69) is 9.97 Å². The van der Waals surface area contributed by atoms with Crippen LogP contribution in [0.25, 0.3) is 0 Å². The van der Waals surface area contributed by atoms with Gasteiger partial charge in [-0.25, -0.2) is 19.2 Å². The molecule has 92 valence electrons. The number of carbonyl (C=O) groups is 1. The van der Waals surface area contributed by atoms with Crippen molar-refractivity contribution in [2.75, 3.05) is 0 Å². The number of carboxylic acid groups (broad SMARTS) is 1. The molecule has 0 amide bonds. The molecule has 1 N–H and O–H groups in total. The molecule has 0 atom stereocenters. The number of halogens is 1. The van der Waals surface area contributed by atoms with Crippen molar-refractivity contribution in [3.8, 4) is 11.8 Å². The standard InChI is InChI=1S/C12H9FN2O3/c1-7-5-6-14-12(15-7)18-9-4-2-3-8(13)10(9)11(16)17/h2-6H,1H3,(H,16,17). The number of aromatic nitrogens is 2. The maximum absolute atomic E-state index is 13.4. The molecule has 1 heterocycles. The van der Waals surface area contributed by atoms with E-state index < -0.39 is 17.3 Å². The van der Waals surface area contributed by atoms with Gasteiger partial charge in [0.25, 0.3) is 0 Å². The van der Waals surface area contributed by atoms with Crippen LogP contribution < -0.4 is 4.74 Å². The van der Waals surface area contributed by atoms with Crippen molar-refractivity contribution in [1.82, 2.24) is 9.97 Å². The molecule has 0 spiro atoms. The largest absolute Gasteiger partial charge is 0.477 e. The van der Waals surface area contributed by atoms with Crippen LogP contribution >= 0.6 is 0 Å². The third-order valence-electron chi connectivity index (χ3n) is 2.16. The Hall–Kier alpha value is -2.50. The van der Waals surface area contributed by atoms with E-state index in [1.807, 2.05) is 0 Å². The zero-order chi connectivity index (χ0) is 13.1. The Balaban J connectivity index is 2.40. The van der Waals surface area contributed by atoms with Crippen molar-refractivity contribution in [2.45, 2.75) is 6.92 Å². The second-order valence-electron chi connectivity index (χ2n) is 3.50. The number of benzene rings is 1. The maximum Gasteiger partial charge on any atom is 0.342 e. The molecule has 18 heavy (non-hydrogen) atoms. The zero-order valence-electron chi connectivity index (χ0n) is 9.42. The van der Waals surface area contributed by atoms with E-state index in [1.165, 1.54) is 18.3 Å². The molecule has 0 bridgehead atoms. The van der Waals surface area contributed by atoms with E-state index in [-0.39, 0.29) is 11.8 Å². The number of hydrogen-bond acceptors (Lipinski definition) is 4. The monoisotopic (exact) mass is 248 g/mol. The molecule has 0 aliphatic heterocycles. The minimum absolute atomic E-state index is 0.0249. The van der Waals surface area contributed by atoms with Crippen LogP contribution in [0.2, 0.25) is 0 Å². The van der Waals surface area contributed by atoms with Gasteiger partial charge in [0, 0.05) is 11.9 Å². The molecule has 1 aromatic heterocycles. The van der Waals surface area contributed by atoms with Gasteiger partial charge in [0.2, 0.25) is 0 Å². The molecule has 0 aliphatic carbocycles. The topological polar surface area (TPSA) is 72.3 Å². The highest BCUT2D eigenvalue weighted by molar-refractivity contribution is 5.91. The molecule has 0 saturated carbocycles. The van der Waals surface area contributed by atoms with Gasteiger partial charge in [0.05, 0.1) is 0 Å². The smallest absolute Gasteiger partial charge is 0.342 e. The molecule has 2 rings (SSSR count). The summed E-state index contributed by atoms with van der Waals surface area (Å²) < 4.78 is 18.6. The van der Waals surface area contributed by atoms with E-state index >= 15 is 0 Å². The van der Waals surface area contributed by atoms with Crippen LogP contribution in [0.3, 0.4) is 0 Å². The van der Waals surface area contributed by atoms with Crippen molar-refractivity contribution >= 4 is 5.97 Å². The first-order valence-electron chi connectivity index (χ1n) is 5.07. The number of hydrogen-bond donors (Lipinski definition) is 1. The Kier molecular flexibility index (Phi) is 3.18. The molecular weight excluding hydrogens is 239 g/mol. The van der Waals surface area contributed by atoms with Crippen molar-refractivity contribution in [3.05, 3.63) is 47.5 Å². The number of aromatic carboxylic acids is 1. The van der Waals surface area contributed by atoms with Crippen molar-refractivity contribution in [3.63, 3.8) is 0 Å². The minimum atomic E-state index is -1.41. The van der Waals surface area contributed by atoms with E-state index in [4.69, 9.17) is 9.84 Å². The van der Waals surface area contributed by atoms with Crippen molar-refractivity contribution in [2.24, 2.45) is 0 Å². The number of carboxylic acids is 1. The normalized spacial score (nSPS) is 10.1. The van der Waals surface area contributed by atoms with Gasteiger partial charge in [-0.3, -0.25) is 0 Å². The molecule has 1 aromatic carbocycles. The molecule has 6 heteroatoms. The summed E-state index contributed by atoms with van der Waals surface area (Å²) in [6, 6.07) is 5.39. The first kappa shape index (κ1) is 12.0. The SMILES string of the molecule is Cc1ccnc(Oc2cccc(F)c2C(=O)O)n1. The lowest BCUT2D eigenvalue weighted by Gasteiger charge is -2.07. The summed E-state index contributed by atoms with van der Waals surface area (Å²) in [7, 11) is 0. The fraction of sp³-hybridized carbons (Fsp3) is 0.0833. The van der Waals surface area contributed by atoms with Gasteiger partial charge >= 0.3 is 12.0 Å². The molecule has 0 radical (unpaired) electrons. The Morgan fingerprint density at radius 1 is 1.39 bits per heavy atom. The average Bonchev–Trinajstić information content (AvgIpc) is 2.28. The Labute approximate surface area is 102 Å². The minimum Gasteiger partial charge on any atom is -0.477 e. The van der Waals surface area contributed by atoms with Crippen molar-refractivity contribution < 1.29 is 19.0 Å². The van der Waals surface area contributed by atoms with Gasteiger partial charge in [-0.2, -0.15) is 0 Å². The maximum atomic E-state index is 13.4. The summed E-state index contributed by atoms with van der Waals surface area (Å²) >= 11 is 0. The fourth-order valence-corrected chi connectivity index (χ4v) is 1.37. The second kappa shape index (κ2) is 4.79. The lowest BCUT2D eigenvalue weighted by Crippen LogP contribution is -2.04. The van der Waals surface area contributed by atoms with Gasteiger partial charge in [-0.05, 0) is 25.1 Å². The Morgan fingerprint density at radius 2 is 2.17 bits per heavy atom. The van der Waals surface area contributed by atoms with Crippen LogP contribution in [0.15, 0.2) is 30.5 Å². The van der Waals surface area contributed by atoms with Crippen LogP contribution in [0.1, 0.15) is 16.1 Å². The summed E-state index contributed by atoms with van der Waals surface area (Å²) in [5.41, 5.74) is 0.121. The molecule has 0 unspecified atom stereocenters. The Bertz CT molecular complexity index is 602. The van der Waals surface area contributed by atoms with Gasteiger partial charge in [-0.15, -0.1) is 0 Å². The van der Waals surface area contributed by atoms with Crippen LogP contribution in [0, 0.1) is 12.7 Å². The van der Waals surface area contributed by atoms with Crippen molar-refractivity contribution in [1.29, 1.82) is 0 Å². The number of aryl methyl sites for hydroxylation is 1. The second-order valence-corrected chi connectivity index (χ2v) is 3.50. The number of rotatable bonds is 3. The average molecular weight is 248 g/mol. The van der Waals surface area contributed by atoms with Gasteiger partial charge in [0.1, 0.15) is 17.1 Å². The molecule has 0 saturated heterocycles. The van der Waals surface area contributed by atoms with Gasteiger partial charge in [-0.1, -0.05) is 6.07 Å². The van der Waals surface area contributed by atoms with Crippen LogP contribution in [0.4, 0.5) is 4.39 Å². The van der Waals surface area contributed by atoms with Crippen LogP contribution in [-0.4, -0.2) is 21.0 Å². The highest BCUT2D eigenvalue weighted by Crippen LogP contribution is 2.25. The molecule has 2 aromatic rings. The summed E-state index contributed by atoms with van der Waals surface area (Å²) in [5.74, 6) is -2.41.